The van der Waals surface area contributed by atoms with Crippen molar-refractivity contribution in [2.75, 3.05) is 7.11 Å². The molecule has 1 rings (SSSR count). The zero-order chi connectivity index (χ0) is 7.40. The van der Waals surface area contributed by atoms with E-state index in [1.807, 2.05) is 0 Å². The molecular formula is C3H5N3O3P+. The molecular weight excluding hydrogens is 157 g/mol. The lowest BCUT2D eigenvalue weighted by Gasteiger charge is -1.82. The molecule has 0 spiro atoms. The molecule has 0 fully saturated rings. The minimum atomic E-state index is -2.12. The van der Waals surface area contributed by atoms with Crippen molar-refractivity contribution in [3.63, 3.8) is 0 Å². The standard InChI is InChI=1S/C3H5N3O3P/c1-8-10(7)9-6-3-4-2-5-6/h2-3H,1H3/q+1. The SMILES string of the molecule is CO[P+](=O)On1cncn1. The van der Waals surface area contributed by atoms with Crippen LogP contribution in [-0.4, -0.2) is 22.0 Å². The topological polar surface area (TPSA) is 66.2 Å². The van der Waals surface area contributed by atoms with Crippen molar-refractivity contribution in [2.24, 2.45) is 0 Å². The maximum atomic E-state index is 10.5. The van der Waals surface area contributed by atoms with Crippen LogP contribution in [-0.2, 0) is 9.09 Å². The Labute approximate surface area is 57.7 Å². The number of aromatic nitrogens is 3. The number of hydrogen-bond donors (Lipinski definition) is 0. The van der Waals surface area contributed by atoms with E-state index in [9.17, 15) is 4.57 Å². The van der Waals surface area contributed by atoms with E-state index in [1.54, 1.807) is 0 Å². The third kappa shape index (κ3) is 1.75. The molecule has 0 saturated heterocycles. The molecule has 1 atom stereocenters. The monoisotopic (exact) mass is 162 g/mol. The highest BCUT2D eigenvalue weighted by Gasteiger charge is 2.19. The van der Waals surface area contributed by atoms with E-state index in [0.717, 1.165) is 4.85 Å². The summed E-state index contributed by atoms with van der Waals surface area (Å²) < 4.78 is 19.3. The van der Waals surface area contributed by atoms with Crippen LogP contribution < -0.4 is 4.62 Å². The summed E-state index contributed by atoms with van der Waals surface area (Å²) in [6, 6.07) is 0. The Bertz CT molecular complexity index is 211. The minimum absolute atomic E-state index is 0.961. The van der Waals surface area contributed by atoms with Crippen molar-refractivity contribution in [3.05, 3.63) is 12.7 Å². The molecule has 0 N–H and O–H groups in total. The van der Waals surface area contributed by atoms with E-state index in [1.165, 1.54) is 19.8 Å². The molecule has 0 aliphatic carbocycles. The van der Waals surface area contributed by atoms with E-state index in [0.29, 0.717) is 0 Å². The molecule has 1 unspecified atom stereocenters. The summed E-state index contributed by atoms with van der Waals surface area (Å²) in [4.78, 5) is 4.51. The van der Waals surface area contributed by atoms with Crippen LogP contribution in [0.1, 0.15) is 0 Å². The predicted octanol–water partition coefficient (Wildman–Crippen LogP) is 0.0105. The van der Waals surface area contributed by atoms with Gasteiger partial charge in [0.25, 0.3) is 0 Å². The fraction of sp³-hybridized carbons (Fsp3) is 0.333. The average molecular weight is 162 g/mol. The number of nitrogens with zero attached hydrogens (tertiary/aromatic N) is 3. The lowest BCUT2D eigenvalue weighted by Crippen LogP contribution is -2.03. The Kier molecular flexibility index (Phi) is 2.30. The van der Waals surface area contributed by atoms with Crippen molar-refractivity contribution in [1.82, 2.24) is 14.9 Å². The van der Waals surface area contributed by atoms with Crippen LogP contribution in [0.3, 0.4) is 0 Å². The fourth-order valence-electron chi connectivity index (χ4n) is 0.341. The molecule has 54 valence electrons. The van der Waals surface area contributed by atoms with Gasteiger partial charge in [0.05, 0.1) is 7.11 Å². The highest BCUT2D eigenvalue weighted by Crippen LogP contribution is 2.15. The quantitative estimate of drug-likeness (QED) is 0.585. The van der Waals surface area contributed by atoms with E-state index < -0.39 is 8.25 Å². The van der Waals surface area contributed by atoms with Crippen molar-refractivity contribution in [1.29, 1.82) is 0 Å². The predicted molar refractivity (Wildman–Crippen MR) is 31.2 cm³/mol. The molecule has 1 aromatic heterocycles. The minimum Gasteiger partial charge on any atom is -0.219 e. The fourth-order valence-corrected chi connectivity index (χ4v) is 0.629. The van der Waals surface area contributed by atoms with E-state index >= 15 is 0 Å². The van der Waals surface area contributed by atoms with E-state index in [2.05, 4.69) is 19.2 Å². The van der Waals surface area contributed by atoms with Gasteiger partial charge in [0, 0.05) is 4.57 Å². The zero-order valence-electron chi connectivity index (χ0n) is 5.17. The van der Waals surface area contributed by atoms with E-state index in [-0.39, 0.29) is 0 Å². The van der Waals surface area contributed by atoms with Gasteiger partial charge in [-0.15, -0.1) is 14.2 Å². The maximum absolute atomic E-state index is 10.5. The first-order valence-electron chi connectivity index (χ1n) is 2.37. The third-order valence-corrected chi connectivity index (χ3v) is 1.30. The maximum Gasteiger partial charge on any atom is 0.772 e. The Balaban J connectivity index is 2.48. The first kappa shape index (κ1) is 7.11. The van der Waals surface area contributed by atoms with Crippen LogP contribution in [0.4, 0.5) is 0 Å². The van der Waals surface area contributed by atoms with Gasteiger partial charge in [0.1, 0.15) is 6.33 Å². The van der Waals surface area contributed by atoms with Gasteiger partial charge >= 0.3 is 8.25 Å². The highest BCUT2D eigenvalue weighted by molar-refractivity contribution is 7.33. The summed E-state index contributed by atoms with van der Waals surface area (Å²) in [5, 5.41) is 3.52. The first-order valence-corrected chi connectivity index (χ1v) is 3.47. The molecule has 10 heavy (non-hydrogen) atoms. The van der Waals surface area contributed by atoms with Gasteiger partial charge in [-0.3, -0.25) is 0 Å². The Morgan fingerprint density at radius 1 is 1.70 bits per heavy atom. The average Bonchev–Trinajstić information content (AvgIpc) is 2.40. The number of rotatable bonds is 3. The third-order valence-electron chi connectivity index (χ3n) is 0.697. The number of hydrogen-bond acceptors (Lipinski definition) is 5. The van der Waals surface area contributed by atoms with Gasteiger partial charge in [-0.05, 0) is 4.85 Å². The first-order chi connectivity index (χ1) is 4.83. The van der Waals surface area contributed by atoms with Crippen LogP contribution in [0.15, 0.2) is 12.7 Å². The highest BCUT2D eigenvalue weighted by atomic mass is 31.1. The second-order valence-electron chi connectivity index (χ2n) is 1.29. The normalized spacial score (nSPS) is 11.1. The second kappa shape index (κ2) is 3.24. The zero-order valence-corrected chi connectivity index (χ0v) is 6.06. The molecule has 0 aliphatic rings. The summed E-state index contributed by atoms with van der Waals surface area (Å²) in [7, 11) is -0.845. The van der Waals surface area contributed by atoms with Gasteiger partial charge in [0.15, 0.2) is 6.33 Å². The molecule has 0 saturated carbocycles. The molecule has 0 bridgehead atoms. The molecule has 6 nitrogen and oxygen atoms in total. The van der Waals surface area contributed by atoms with Gasteiger partial charge in [-0.25, -0.2) is 4.98 Å². The smallest absolute Gasteiger partial charge is 0.219 e. The molecule has 0 amide bonds. The van der Waals surface area contributed by atoms with Crippen molar-refractivity contribution in [2.45, 2.75) is 0 Å². The van der Waals surface area contributed by atoms with Crippen molar-refractivity contribution >= 4 is 8.25 Å². The molecule has 0 aromatic carbocycles. The summed E-state index contributed by atoms with van der Waals surface area (Å²) in [5.74, 6) is 0. The van der Waals surface area contributed by atoms with Crippen LogP contribution in [0.25, 0.3) is 0 Å². The summed E-state index contributed by atoms with van der Waals surface area (Å²) >= 11 is 0. The lowest BCUT2D eigenvalue weighted by molar-refractivity contribution is 0.201. The molecule has 0 radical (unpaired) electrons. The summed E-state index contributed by atoms with van der Waals surface area (Å²) in [5.41, 5.74) is 0. The van der Waals surface area contributed by atoms with Gasteiger partial charge < -0.3 is 0 Å². The molecule has 0 aliphatic heterocycles. The van der Waals surface area contributed by atoms with Crippen LogP contribution in [0.2, 0.25) is 0 Å². The summed E-state index contributed by atoms with van der Waals surface area (Å²) in [6.07, 6.45) is 2.53. The lowest BCUT2D eigenvalue weighted by atomic mass is 11.3. The van der Waals surface area contributed by atoms with Crippen molar-refractivity contribution in [3.8, 4) is 0 Å². The Morgan fingerprint density at radius 3 is 3.00 bits per heavy atom. The van der Waals surface area contributed by atoms with Crippen LogP contribution >= 0.6 is 8.25 Å². The Hall–Kier alpha value is -1.00. The van der Waals surface area contributed by atoms with Gasteiger partial charge in [0.2, 0.25) is 0 Å². The second-order valence-corrected chi connectivity index (χ2v) is 2.26. The largest absolute Gasteiger partial charge is 0.772 e. The van der Waals surface area contributed by atoms with Crippen LogP contribution in [0.5, 0.6) is 0 Å². The van der Waals surface area contributed by atoms with Crippen molar-refractivity contribution < 1.29 is 13.7 Å². The molecule has 7 heteroatoms. The Morgan fingerprint density at radius 2 is 2.50 bits per heavy atom. The molecule has 1 heterocycles. The molecule has 1 aromatic rings. The van der Waals surface area contributed by atoms with E-state index in [4.69, 9.17) is 0 Å². The van der Waals surface area contributed by atoms with Crippen LogP contribution in [0, 0.1) is 0 Å². The van der Waals surface area contributed by atoms with Gasteiger partial charge in [-0.2, -0.15) is 0 Å². The summed E-state index contributed by atoms with van der Waals surface area (Å²) in [6.45, 7) is 0. The van der Waals surface area contributed by atoms with Gasteiger partial charge in [-0.1, -0.05) is 0 Å².